The second-order valence-corrected chi connectivity index (χ2v) is 5.99. The van der Waals surface area contributed by atoms with Crippen LogP contribution in [0.3, 0.4) is 0 Å². The van der Waals surface area contributed by atoms with Gasteiger partial charge in [-0.05, 0) is 35.9 Å². The molecule has 0 aliphatic heterocycles. The van der Waals surface area contributed by atoms with Crippen LogP contribution < -0.4 is 5.43 Å². The van der Waals surface area contributed by atoms with E-state index in [-0.39, 0.29) is 23.0 Å². The molecular formula is C20H13F2NO5. The molecule has 0 fully saturated rings. The van der Waals surface area contributed by atoms with E-state index in [9.17, 15) is 28.3 Å². The van der Waals surface area contributed by atoms with Crippen molar-refractivity contribution in [2.75, 3.05) is 0 Å². The number of hydrogen-bond acceptors (Lipinski definition) is 4. The van der Waals surface area contributed by atoms with E-state index in [1.54, 1.807) is 0 Å². The van der Waals surface area contributed by atoms with Gasteiger partial charge in [0, 0.05) is 24.2 Å². The van der Waals surface area contributed by atoms with E-state index in [4.69, 9.17) is 5.11 Å². The fourth-order valence-electron chi connectivity index (χ4n) is 2.73. The van der Waals surface area contributed by atoms with Crippen molar-refractivity contribution in [1.29, 1.82) is 0 Å². The number of aliphatic carboxylic acids is 1. The summed E-state index contributed by atoms with van der Waals surface area (Å²) < 4.78 is 28.3. The van der Waals surface area contributed by atoms with E-state index in [0.717, 1.165) is 12.1 Å². The first-order valence-corrected chi connectivity index (χ1v) is 8.01. The van der Waals surface area contributed by atoms with Crippen LogP contribution >= 0.6 is 0 Å². The molecule has 142 valence electrons. The fourth-order valence-corrected chi connectivity index (χ4v) is 2.73. The van der Waals surface area contributed by atoms with Crippen LogP contribution in [0.15, 0.2) is 59.5 Å². The van der Waals surface area contributed by atoms with Gasteiger partial charge in [0.05, 0.1) is 11.1 Å². The number of halogens is 2. The largest absolute Gasteiger partial charge is 0.507 e. The molecule has 0 aliphatic rings. The van der Waals surface area contributed by atoms with Crippen molar-refractivity contribution in [3.63, 3.8) is 0 Å². The van der Waals surface area contributed by atoms with Crippen LogP contribution in [0, 0.1) is 11.6 Å². The van der Waals surface area contributed by atoms with Crippen LogP contribution in [0.1, 0.15) is 11.1 Å². The molecule has 0 spiro atoms. The molecule has 3 aromatic rings. The normalized spacial score (nSPS) is 11.6. The molecule has 0 bridgehead atoms. The number of carboxylic acid groups (broad SMARTS) is 1. The predicted molar refractivity (Wildman–Crippen MR) is 96.9 cm³/mol. The molecule has 2 N–H and O–H groups in total. The molecule has 0 unspecified atom stereocenters. The van der Waals surface area contributed by atoms with Crippen LogP contribution in [0.5, 0.6) is 0 Å². The molecule has 1 aromatic heterocycles. The second kappa shape index (κ2) is 7.43. The molecule has 0 radical (unpaired) electrons. The number of nitrogens with zero attached hydrogens (tertiary/aromatic N) is 1. The Labute approximate surface area is 156 Å². The Morgan fingerprint density at radius 3 is 2.29 bits per heavy atom. The maximum atomic E-state index is 13.7. The number of carbonyl (C=O) groups is 2. The summed E-state index contributed by atoms with van der Waals surface area (Å²) in [5.74, 6) is -5.04. The topological polar surface area (TPSA) is 96.6 Å². The van der Waals surface area contributed by atoms with Crippen LogP contribution in [0.25, 0.3) is 16.7 Å². The SMILES string of the molecule is O=C(O)C(=O)C=C(O)c1cn(Cc2ccc(F)cc2)c2cc(F)ccc2c1=O. The zero-order chi connectivity index (χ0) is 20.4. The van der Waals surface area contributed by atoms with Crippen molar-refractivity contribution in [2.45, 2.75) is 6.54 Å². The number of carboxylic acids is 1. The van der Waals surface area contributed by atoms with Gasteiger partial charge >= 0.3 is 5.97 Å². The average molecular weight is 385 g/mol. The first-order valence-electron chi connectivity index (χ1n) is 8.01. The lowest BCUT2D eigenvalue weighted by Crippen LogP contribution is -2.17. The molecule has 0 saturated carbocycles. The highest BCUT2D eigenvalue weighted by atomic mass is 19.1. The highest BCUT2D eigenvalue weighted by Gasteiger charge is 2.16. The number of rotatable bonds is 5. The van der Waals surface area contributed by atoms with Gasteiger partial charge in [-0.25, -0.2) is 13.6 Å². The number of benzene rings is 2. The van der Waals surface area contributed by atoms with Crippen LogP contribution in [-0.4, -0.2) is 26.5 Å². The van der Waals surface area contributed by atoms with Gasteiger partial charge in [0.15, 0.2) is 5.43 Å². The fraction of sp³-hybridized carbons (Fsp3) is 0.0500. The lowest BCUT2D eigenvalue weighted by Gasteiger charge is -2.14. The summed E-state index contributed by atoms with van der Waals surface area (Å²) in [6.45, 7) is 0.105. The molecule has 0 atom stereocenters. The summed E-state index contributed by atoms with van der Waals surface area (Å²) in [5, 5.41) is 18.8. The number of carbonyl (C=O) groups excluding carboxylic acids is 1. The first kappa shape index (κ1) is 19.0. The molecule has 0 saturated heterocycles. The van der Waals surface area contributed by atoms with Gasteiger partial charge in [0.25, 0.3) is 5.78 Å². The number of ketones is 1. The minimum absolute atomic E-state index is 0.0590. The molecule has 0 amide bonds. The summed E-state index contributed by atoms with van der Waals surface area (Å²) in [4.78, 5) is 34.6. The minimum atomic E-state index is -1.79. The van der Waals surface area contributed by atoms with Crippen molar-refractivity contribution in [3.05, 3.63) is 87.7 Å². The van der Waals surface area contributed by atoms with Crippen molar-refractivity contribution in [2.24, 2.45) is 0 Å². The minimum Gasteiger partial charge on any atom is -0.507 e. The van der Waals surface area contributed by atoms with Crippen LogP contribution in [0.2, 0.25) is 0 Å². The van der Waals surface area contributed by atoms with Gasteiger partial charge in [-0.15, -0.1) is 0 Å². The summed E-state index contributed by atoms with van der Waals surface area (Å²) in [6.07, 6.45) is 1.62. The van der Waals surface area contributed by atoms with E-state index in [0.29, 0.717) is 11.6 Å². The Morgan fingerprint density at radius 2 is 1.64 bits per heavy atom. The number of aliphatic hydroxyl groups is 1. The summed E-state index contributed by atoms with van der Waals surface area (Å²) in [6, 6.07) is 8.91. The number of hydrogen-bond donors (Lipinski definition) is 2. The molecule has 1 heterocycles. The third-order valence-corrected chi connectivity index (χ3v) is 4.06. The van der Waals surface area contributed by atoms with Crippen LogP contribution in [-0.2, 0) is 16.1 Å². The van der Waals surface area contributed by atoms with Gasteiger partial charge in [-0.2, -0.15) is 0 Å². The third-order valence-electron chi connectivity index (χ3n) is 4.06. The maximum Gasteiger partial charge on any atom is 0.376 e. The van der Waals surface area contributed by atoms with Crippen molar-refractivity contribution in [1.82, 2.24) is 4.57 Å². The highest BCUT2D eigenvalue weighted by molar-refractivity contribution is 6.38. The Hall–Kier alpha value is -3.81. The Bertz CT molecular complexity index is 1180. The number of fused-ring (bicyclic) bond motifs is 1. The summed E-state index contributed by atoms with van der Waals surface area (Å²) in [5.41, 5.74) is -0.171. The van der Waals surface area contributed by atoms with E-state index in [2.05, 4.69) is 0 Å². The van der Waals surface area contributed by atoms with Crippen molar-refractivity contribution >= 4 is 28.4 Å². The van der Waals surface area contributed by atoms with E-state index < -0.39 is 34.6 Å². The molecule has 2 aromatic carbocycles. The molecule has 28 heavy (non-hydrogen) atoms. The molecular weight excluding hydrogens is 372 g/mol. The second-order valence-electron chi connectivity index (χ2n) is 5.99. The van der Waals surface area contributed by atoms with Crippen molar-refractivity contribution in [3.8, 4) is 0 Å². The van der Waals surface area contributed by atoms with Crippen LogP contribution in [0.4, 0.5) is 8.78 Å². The van der Waals surface area contributed by atoms with Crippen molar-refractivity contribution < 1.29 is 28.6 Å². The Kier molecular flexibility index (Phi) is 5.04. The smallest absolute Gasteiger partial charge is 0.376 e. The average Bonchev–Trinajstić information content (AvgIpc) is 2.65. The maximum absolute atomic E-state index is 13.7. The first-order chi connectivity index (χ1) is 13.3. The number of aliphatic hydroxyl groups excluding tert-OH is 1. The molecule has 0 aliphatic carbocycles. The number of aromatic nitrogens is 1. The van der Waals surface area contributed by atoms with Gasteiger partial charge in [-0.3, -0.25) is 9.59 Å². The van der Waals surface area contributed by atoms with Gasteiger partial charge < -0.3 is 14.8 Å². The lowest BCUT2D eigenvalue weighted by atomic mass is 10.1. The third kappa shape index (κ3) is 3.80. The zero-order valence-electron chi connectivity index (χ0n) is 14.2. The standard InChI is InChI=1S/C20H13F2NO5/c21-12-3-1-11(2-4-12)9-23-10-15(17(24)8-18(25)20(27)28)19(26)14-6-5-13(22)7-16(14)23/h1-8,10,24H,9H2,(H,27,28). The summed E-state index contributed by atoms with van der Waals surface area (Å²) >= 11 is 0. The van der Waals surface area contributed by atoms with Gasteiger partial charge in [0.1, 0.15) is 17.4 Å². The Morgan fingerprint density at radius 1 is 1.00 bits per heavy atom. The molecule has 6 nitrogen and oxygen atoms in total. The molecule has 8 heteroatoms. The van der Waals surface area contributed by atoms with Gasteiger partial charge in [0.2, 0.25) is 0 Å². The monoisotopic (exact) mass is 385 g/mol. The lowest BCUT2D eigenvalue weighted by molar-refractivity contribution is -0.146. The Balaban J connectivity index is 2.21. The van der Waals surface area contributed by atoms with E-state index >= 15 is 0 Å². The quantitative estimate of drug-likeness (QED) is 0.400. The van der Waals surface area contributed by atoms with Gasteiger partial charge in [-0.1, -0.05) is 12.1 Å². The summed E-state index contributed by atoms with van der Waals surface area (Å²) in [7, 11) is 0. The highest BCUT2D eigenvalue weighted by Crippen LogP contribution is 2.19. The molecule has 3 rings (SSSR count). The zero-order valence-corrected chi connectivity index (χ0v) is 14.2. The van der Waals surface area contributed by atoms with E-state index in [1.165, 1.54) is 41.1 Å². The van der Waals surface area contributed by atoms with E-state index in [1.807, 2.05) is 0 Å². The predicted octanol–water partition coefficient (Wildman–Crippen LogP) is 2.88. The number of pyridine rings is 1.